The molecule has 1 heterocycles. The molecular formula is C26H37N3S2. The van der Waals surface area contributed by atoms with Gasteiger partial charge in [0.05, 0.1) is 16.1 Å². The summed E-state index contributed by atoms with van der Waals surface area (Å²) in [5.41, 5.74) is 2.55. The molecule has 1 N–H and O–H groups in total. The number of hydrogen-bond donors (Lipinski definition) is 1. The number of benzene rings is 2. The molecule has 5 heteroatoms. The third-order valence-corrected chi connectivity index (χ3v) is 8.25. The van der Waals surface area contributed by atoms with Gasteiger partial charge in [-0.25, -0.2) is 4.99 Å². The molecule has 0 radical (unpaired) electrons. The quantitative estimate of drug-likeness (QED) is 0.284. The van der Waals surface area contributed by atoms with Crippen LogP contribution in [0.15, 0.2) is 58.4 Å². The zero-order valence-corrected chi connectivity index (χ0v) is 21.1. The second kappa shape index (κ2) is 12.4. The standard InChI is InChI=1S/C26H37N3S2/c1-5-20(6-2)17-27-22-13-9-11-15-24(22)30-19-28-26-29(18-21(7-3)8-4)23-14-10-12-16-25(23)31-26/h9-16,20-21,27H,5-8,17-19H2,1-4H3/b28-26-. The molecule has 0 amide bonds. The van der Waals surface area contributed by atoms with Gasteiger partial charge in [0.1, 0.15) is 0 Å². The van der Waals surface area contributed by atoms with E-state index >= 15 is 0 Å². The van der Waals surface area contributed by atoms with Crippen LogP contribution in [-0.4, -0.2) is 17.0 Å². The molecule has 0 aliphatic carbocycles. The third-order valence-electron chi connectivity index (χ3n) is 6.23. The van der Waals surface area contributed by atoms with E-state index in [0.717, 1.165) is 29.7 Å². The molecule has 3 rings (SSSR count). The number of hydrogen-bond acceptors (Lipinski definition) is 4. The minimum atomic E-state index is 0.694. The van der Waals surface area contributed by atoms with Crippen LogP contribution in [0.2, 0.25) is 0 Å². The SMILES string of the molecule is CCC(CC)CNc1ccccc1SC/N=c1\sc2ccccc2n1CC(CC)CC. The average molecular weight is 456 g/mol. The van der Waals surface area contributed by atoms with E-state index in [0.29, 0.717) is 5.92 Å². The number of rotatable bonds is 12. The fraction of sp³-hybridized carbons (Fsp3) is 0.500. The first kappa shape index (κ1) is 23.9. The van der Waals surface area contributed by atoms with E-state index in [4.69, 9.17) is 4.99 Å². The molecule has 0 unspecified atom stereocenters. The second-order valence-corrected chi connectivity index (χ2v) is 10.1. The van der Waals surface area contributed by atoms with Gasteiger partial charge in [0.15, 0.2) is 4.80 Å². The van der Waals surface area contributed by atoms with Crippen LogP contribution in [0.5, 0.6) is 0 Å². The first-order valence-corrected chi connectivity index (χ1v) is 13.5. The Kier molecular flexibility index (Phi) is 9.54. The molecule has 1 aromatic heterocycles. The number of nitrogens with one attached hydrogen (secondary N) is 1. The monoisotopic (exact) mass is 455 g/mol. The summed E-state index contributed by atoms with van der Waals surface area (Å²) in [6, 6.07) is 17.4. The summed E-state index contributed by atoms with van der Waals surface area (Å²) in [6.45, 7) is 11.2. The molecule has 0 saturated heterocycles. The first-order valence-electron chi connectivity index (χ1n) is 11.7. The van der Waals surface area contributed by atoms with Crippen LogP contribution in [0.4, 0.5) is 5.69 Å². The zero-order chi connectivity index (χ0) is 22.1. The molecule has 0 fully saturated rings. The lowest BCUT2D eigenvalue weighted by atomic mass is 10.0. The Morgan fingerprint density at radius 2 is 1.58 bits per heavy atom. The summed E-state index contributed by atoms with van der Waals surface area (Å²) in [7, 11) is 0. The Labute approximate surface area is 196 Å². The van der Waals surface area contributed by atoms with Crippen molar-refractivity contribution >= 4 is 39.0 Å². The maximum absolute atomic E-state index is 5.05. The van der Waals surface area contributed by atoms with E-state index in [2.05, 4.69) is 86.1 Å². The molecule has 0 atom stereocenters. The van der Waals surface area contributed by atoms with Crippen LogP contribution in [0.1, 0.15) is 53.4 Å². The molecular weight excluding hydrogens is 418 g/mol. The summed E-state index contributed by atoms with van der Waals surface area (Å²) in [4.78, 5) is 7.47. The summed E-state index contributed by atoms with van der Waals surface area (Å²) in [5.74, 6) is 2.16. The number of nitrogens with zero attached hydrogens (tertiary/aromatic N) is 2. The molecule has 0 bridgehead atoms. The second-order valence-electron chi connectivity index (χ2n) is 8.14. The van der Waals surface area contributed by atoms with Gasteiger partial charge in [-0.15, -0.1) is 11.8 Å². The van der Waals surface area contributed by atoms with E-state index in [-0.39, 0.29) is 0 Å². The van der Waals surface area contributed by atoms with Crippen LogP contribution in [0, 0.1) is 11.8 Å². The van der Waals surface area contributed by atoms with Crippen LogP contribution >= 0.6 is 23.1 Å². The highest BCUT2D eigenvalue weighted by Crippen LogP contribution is 2.28. The van der Waals surface area contributed by atoms with E-state index < -0.39 is 0 Å². The zero-order valence-electron chi connectivity index (χ0n) is 19.4. The maximum Gasteiger partial charge on any atom is 0.186 e. The van der Waals surface area contributed by atoms with Gasteiger partial charge in [-0.1, -0.05) is 89.0 Å². The Morgan fingerprint density at radius 1 is 0.903 bits per heavy atom. The van der Waals surface area contributed by atoms with Crippen molar-refractivity contribution in [1.29, 1.82) is 0 Å². The molecule has 0 aliphatic rings. The molecule has 0 aliphatic heterocycles. The Morgan fingerprint density at radius 3 is 2.32 bits per heavy atom. The highest BCUT2D eigenvalue weighted by atomic mass is 32.2. The van der Waals surface area contributed by atoms with Crippen molar-refractivity contribution in [3.63, 3.8) is 0 Å². The van der Waals surface area contributed by atoms with Gasteiger partial charge >= 0.3 is 0 Å². The Balaban J connectivity index is 1.78. The highest BCUT2D eigenvalue weighted by molar-refractivity contribution is 7.99. The lowest BCUT2D eigenvalue weighted by Crippen LogP contribution is -2.20. The lowest BCUT2D eigenvalue weighted by molar-refractivity contribution is 0.420. The summed E-state index contributed by atoms with van der Waals surface area (Å²) < 4.78 is 3.76. The topological polar surface area (TPSA) is 29.3 Å². The van der Waals surface area contributed by atoms with Crippen molar-refractivity contribution < 1.29 is 0 Å². The van der Waals surface area contributed by atoms with Crippen molar-refractivity contribution in [2.24, 2.45) is 16.8 Å². The van der Waals surface area contributed by atoms with Gasteiger partial charge in [-0.2, -0.15) is 0 Å². The van der Waals surface area contributed by atoms with Crippen molar-refractivity contribution in [1.82, 2.24) is 4.57 Å². The smallest absolute Gasteiger partial charge is 0.186 e. The number of thiazole rings is 1. The van der Waals surface area contributed by atoms with E-state index in [1.54, 1.807) is 0 Å². The predicted molar refractivity (Wildman–Crippen MR) is 139 cm³/mol. The first-order chi connectivity index (χ1) is 15.2. The van der Waals surface area contributed by atoms with Crippen molar-refractivity contribution in [3.8, 4) is 0 Å². The van der Waals surface area contributed by atoms with Crippen LogP contribution < -0.4 is 10.1 Å². The summed E-state index contributed by atoms with van der Waals surface area (Å²) >= 11 is 3.64. The average Bonchev–Trinajstić information content (AvgIpc) is 3.16. The molecule has 0 saturated carbocycles. The Hall–Kier alpha value is -1.72. The van der Waals surface area contributed by atoms with Gasteiger partial charge in [-0.3, -0.25) is 0 Å². The van der Waals surface area contributed by atoms with Gasteiger partial charge in [0.2, 0.25) is 0 Å². The molecule has 168 valence electrons. The van der Waals surface area contributed by atoms with Crippen LogP contribution in [0.3, 0.4) is 0 Å². The van der Waals surface area contributed by atoms with Crippen LogP contribution in [-0.2, 0) is 6.54 Å². The number of fused-ring (bicyclic) bond motifs is 1. The Bertz CT molecular complexity index is 997. The number of anilines is 1. The van der Waals surface area contributed by atoms with Gasteiger partial charge in [0.25, 0.3) is 0 Å². The largest absolute Gasteiger partial charge is 0.384 e. The third kappa shape index (κ3) is 6.39. The van der Waals surface area contributed by atoms with E-state index in [1.165, 1.54) is 46.5 Å². The summed E-state index contributed by atoms with van der Waals surface area (Å²) in [5, 5.41) is 3.67. The molecule has 31 heavy (non-hydrogen) atoms. The molecule has 2 aromatic carbocycles. The maximum atomic E-state index is 5.05. The van der Waals surface area contributed by atoms with E-state index in [9.17, 15) is 0 Å². The summed E-state index contributed by atoms with van der Waals surface area (Å²) in [6.07, 6.45) is 4.85. The number of para-hydroxylation sites is 2. The minimum Gasteiger partial charge on any atom is -0.384 e. The van der Waals surface area contributed by atoms with Gasteiger partial charge < -0.3 is 9.88 Å². The van der Waals surface area contributed by atoms with Crippen molar-refractivity contribution in [2.45, 2.75) is 64.8 Å². The lowest BCUT2D eigenvalue weighted by Gasteiger charge is -2.16. The van der Waals surface area contributed by atoms with Gasteiger partial charge in [0, 0.05) is 23.7 Å². The normalized spacial score (nSPS) is 12.4. The number of thioether (sulfide) groups is 1. The molecule has 3 nitrogen and oxygen atoms in total. The van der Waals surface area contributed by atoms with Gasteiger partial charge in [-0.05, 0) is 36.1 Å². The predicted octanol–water partition coefficient (Wildman–Crippen LogP) is 7.64. The minimum absolute atomic E-state index is 0.694. The number of aromatic nitrogens is 1. The van der Waals surface area contributed by atoms with E-state index in [1.807, 2.05) is 23.1 Å². The van der Waals surface area contributed by atoms with Crippen molar-refractivity contribution in [2.75, 3.05) is 17.7 Å². The molecule has 3 aromatic rings. The highest BCUT2D eigenvalue weighted by Gasteiger charge is 2.11. The molecule has 0 spiro atoms. The van der Waals surface area contributed by atoms with Crippen LogP contribution in [0.25, 0.3) is 10.2 Å². The fourth-order valence-corrected chi connectivity index (χ4v) is 5.77. The fourth-order valence-electron chi connectivity index (χ4n) is 3.85. The van der Waals surface area contributed by atoms with Crippen molar-refractivity contribution in [3.05, 3.63) is 53.3 Å².